The second-order valence-corrected chi connectivity index (χ2v) is 15.9. The van der Waals surface area contributed by atoms with Gasteiger partial charge >= 0.3 is 11.9 Å². The number of aliphatic hydroxyl groups is 5. The third-order valence-corrected chi connectivity index (χ3v) is 13.7. The standard InChI is InChI=1S/C33H52O11/c1-15-7-10-33(42-14-15)16(2)24-23(44-33)12-20-18-6-5-17-11-22(21(34)13-32(17,4)19(18)8-9-31(20,24)3)43-30(41)28(38)26(36)25(35)27(37)29(39)40/h15-28,34-38H,5-14H2,1-4H3,(H,39,40)/t15-,16+,17+,18?,19?,20+,21-,22-,23?,24?,25+,26+,27-,28+,31+,32+,33-/m1/s1. The molecule has 6 aliphatic rings. The van der Waals surface area contributed by atoms with E-state index in [0.717, 1.165) is 51.6 Å². The highest BCUT2D eigenvalue weighted by Gasteiger charge is 2.69. The predicted molar refractivity (Wildman–Crippen MR) is 155 cm³/mol. The Morgan fingerprint density at radius 3 is 2.25 bits per heavy atom. The molecule has 0 aromatic carbocycles. The van der Waals surface area contributed by atoms with Gasteiger partial charge in [0, 0.05) is 12.3 Å². The Morgan fingerprint density at radius 2 is 1.59 bits per heavy atom. The van der Waals surface area contributed by atoms with Gasteiger partial charge in [-0.15, -0.1) is 0 Å². The number of rotatable bonds is 6. The summed E-state index contributed by atoms with van der Waals surface area (Å²) in [5, 5.41) is 59.7. The molecule has 4 unspecified atom stereocenters. The number of carbonyl (C=O) groups excluding carboxylic acids is 1. The summed E-state index contributed by atoms with van der Waals surface area (Å²) < 4.78 is 18.8. The van der Waals surface area contributed by atoms with E-state index in [1.54, 1.807) is 0 Å². The van der Waals surface area contributed by atoms with Crippen molar-refractivity contribution in [3.05, 3.63) is 0 Å². The molecule has 6 rings (SSSR count). The van der Waals surface area contributed by atoms with E-state index in [-0.39, 0.29) is 22.9 Å². The van der Waals surface area contributed by atoms with Gasteiger partial charge in [0.15, 0.2) is 18.0 Å². The molecular weight excluding hydrogens is 572 g/mol. The van der Waals surface area contributed by atoms with Crippen LogP contribution in [0.5, 0.6) is 0 Å². The first-order valence-electron chi connectivity index (χ1n) is 16.8. The molecule has 0 aromatic rings. The molecule has 0 aromatic heterocycles. The van der Waals surface area contributed by atoms with Crippen molar-refractivity contribution in [2.24, 2.45) is 52.3 Å². The number of carboxylic acid groups (broad SMARTS) is 1. The third kappa shape index (κ3) is 4.95. The third-order valence-electron chi connectivity index (χ3n) is 13.7. The lowest BCUT2D eigenvalue weighted by Crippen LogP contribution is -2.58. The highest BCUT2D eigenvalue weighted by Crippen LogP contribution is 2.71. The van der Waals surface area contributed by atoms with Gasteiger partial charge < -0.3 is 44.8 Å². The summed E-state index contributed by atoms with van der Waals surface area (Å²) in [4.78, 5) is 23.6. The van der Waals surface area contributed by atoms with Crippen LogP contribution in [0.25, 0.3) is 0 Å². The fourth-order valence-corrected chi connectivity index (χ4v) is 11.3. The zero-order valence-corrected chi connectivity index (χ0v) is 26.4. The van der Waals surface area contributed by atoms with Gasteiger partial charge in [-0.2, -0.15) is 0 Å². The highest BCUT2D eigenvalue weighted by molar-refractivity contribution is 5.76. The predicted octanol–water partition coefficient (Wildman–Crippen LogP) is 1.84. The second kappa shape index (κ2) is 11.4. The molecule has 2 saturated heterocycles. The van der Waals surface area contributed by atoms with E-state index in [1.165, 1.54) is 0 Å². The van der Waals surface area contributed by atoms with Crippen LogP contribution in [0.4, 0.5) is 0 Å². The van der Waals surface area contributed by atoms with Gasteiger partial charge in [-0.1, -0.05) is 27.7 Å². The Morgan fingerprint density at radius 1 is 0.886 bits per heavy atom. The second-order valence-electron chi connectivity index (χ2n) is 15.9. The summed E-state index contributed by atoms with van der Waals surface area (Å²) >= 11 is 0. The molecule has 1 spiro atoms. The number of esters is 1. The van der Waals surface area contributed by atoms with Crippen LogP contribution in [0.1, 0.15) is 85.5 Å². The lowest BCUT2D eigenvalue weighted by atomic mass is 9.44. The van der Waals surface area contributed by atoms with E-state index >= 15 is 0 Å². The van der Waals surface area contributed by atoms with Crippen molar-refractivity contribution in [2.45, 2.75) is 134 Å². The maximum atomic E-state index is 12.7. The number of fused-ring (bicyclic) bond motifs is 7. The van der Waals surface area contributed by atoms with Gasteiger partial charge in [0.05, 0.1) is 18.8 Å². The van der Waals surface area contributed by atoms with E-state index in [4.69, 9.17) is 19.3 Å². The van der Waals surface area contributed by atoms with Crippen molar-refractivity contribution in [3.63, 3.8) is 0 Å². The van der Waals surface area contributed by atoms with Crippen LogP contribution in [-0.4, -0.2) is 97.7 Å². The molecule has 6 fully saturated rings. The van der Waals surface area contributed by atoms with Gasteiger partial charge in [0.1, 0.15) is 18.3 Å². The van der Waals surface area contributed by atoms with Gasteiger partial charge in [0.25, 0.3) is 0 Å². The van der Waals surface area contributed by atoms with E-state index in [1.807, 2.05) is 0 Å². The first kappa shape index (κ1) is 32.6. The molecule has 2 heterocycles. The zero-order chi connectivity index (χ0) is 31.9. The Labute approximate surface area is 259 Å². The van der Waals surface area contributed by atoms with E-state index in [9.17, 15) is 35.1 Å². The normalized spacial score (nSPS) is 50.8. The molecule has 6 N–H and O–H groups in total. The lowest BCUT2D eigenvalue weighted by Gasteiger charge is -2.62. The van der Waals surface area contributed by atoms with Crippen LogP contribution >= 0.6 is 0 Å². The molecular formula is C33H52O11. The van der Waals surface area contributed by atoms with Crippen LogP contribution < -0.4 is 0 Å². The van der Waals surface area contributed by atoms with Gasteiger partial charge in [-0.05, 0) is 97.7 Å². The topological polar surface area (TPSA) is 183 Å². The van der Waals surface area contributed by atoms with Crippen molar-refractivity contribution in [3.8, 4) is 0 Å². The number of hydrogen-bond acceptors (Lipinski definition) is 10. The SMILES string of the molecule is C[C@@H]1CC[C@@]2(OC1)OC1C[C@H]3C4CC[C@H]5C[C@@H](OC(=O)[C@@H](O)[C@@H](O)[C@H](O)[C@@H](O)C(=O)O)[C@H](O)C[C@]5(C)C4CC[C@]3(C)C1[C@@H]2C. The molecule has 0 radical (unpaired) electrons. The number of carboxylic acids is 1. The first-order chi connectivity index (χ1) is 20.6. The number of carbonyl (C=O) groups is 2. The van der Waals surface area contributed by atoms with Crippen LogP contribution in [0.2, 0.25) is 0 Å². The number of ether oxygens (including phenoxy) is 3. The largest absolute Gasteiger partial charge is 0.479 e. The quantitative estimate of drug-likeness (QED) is 0.237. The smallest absolute Gasteiger partial charge is 0.338 e. The van der Waals surface area contributed by atoms with Crippen molar-refractivity contribution < 1.29 is 54.4 Å². The van der Waals surface area contributed by atoms with Gasteiger partial charge in [0.2, 0.25) is 0 Å². The van der Waals surface area contributed by atoms with Crippen molar-refractivity contribution in [2.75, 3.05) is 6.61 Å². The Balaban J connectivity index is 1.11. The maximum absolute atomic E-state index is 12.7. The van der Waals surface area contributed by atoms with Crippen molar-refractivity contribution in [1.82, 2.24) is 0 Å². The molecule has 11 heteroatoms. The van der Waals surface area contributed by atoms with Crippen LogP contribution in [-0.2, 0) is 23.8 Å². The molecule has 0 amide bonds. The fraction of sp³-hybridized carbons (Fsp3) is 0.939. The summed E-state index contributed by atoms with van der Waals surface area (Å²) in [6.07, 6.45) is -2.64. The number of hydrogen-bond donors (Lipinski definition) is 6. The molecule has 250 valence electrons. The Kier molecular flexibility index (Phi) is 8.46. The van der Waals surface area contributed by atoms with Crippen LogP contribution in [0.15, 0.2) is 0 Å². The van der Waals surface area contributed by atoms with E-state index in [2.05, 4.69) is 27.7 Å². The summed E-state index contributed by atoms with van der Waals surface area (Å²) in [5.74, 6) is -0.400. The molecule has 2 aliphatic heterocycles. The lowest BCUT2D eigenvalue weighted by molar-refractivity contribution is -0.273. The monoisotopic (exact) mass is 624 g/mol. The average Bonchev–Trinajstić information content (AvgIpc) is 3.42. The average molecular weight is 625 g/mol. The first-order valence-corrected chi connectivity index (χ1v) is 16.8. The summed E-state index contributed by atoms with van der Waals surface area (Å²) in [7, 11) is 0. The van der Waals surface area contributed by atoms with E-state index in [0.29, 0.717) is 48.3 Å². The molecule has 44 heavy (non-hydrogen) atoms. The zero-order valence-electron chi connectivity index (χ0n) is 26.4. The summed E-state index contributed by atoms with van der Waals surface area (Å²) in [5.41, 5.74) is 0.0476. The summed E-state index contributed by atoms with van der Waals surface area (Å²) in [6.45, 7) is 10.1. The van der Waals surface area contributed by atoms with E-state index < -0.39 is 54.3 Å². The van der Waals surface area contributed by atoms with Crippen molar-refractivity contribution >= 4 is 11.9 Å². The minimum atomic E-state index is -2.39. The van der Waals surface area contributed by atoms with Gasteiger partial charge in [-0.25, -0.2) is 9.59 Å². The summed E-state index contributed by atoms with van der Waals surface area (Å²) in [6, 6.07) is 0. The Bertz CT molecular complexity index is 1110. The van der Waals surface area contributed by atoms with Gasteiger partial charge in [-0.3, -0.25) is 0 Å². The Hall–Kier alpha value is -1.34. The van der Waals surface area contributed by atoms with Crippen molar-refractivity contribution in [1.29, 1.82) is 0 Å². The highest BCUT2D eigenvalue weighted by atomic mass is 16.7. The molecule has 17 atom stereocenters. The molecule has 0 bridgehead atoms. The number of aliphatic hydroxyl groups excluding tert-OH is 5. The maximum Gasteiger partial charge on any atom is 0.338 e. The molecule has 4 aliphatic carbocycles. The minimum absolute atomic E-state index is 0.138. The van der Waals surface area contributed by atoms with Crippen LogP contribution in [0, 0.1) is 52.3 Å². The molecule has 4 saturated carbocycles. The minimum Gasteiger partial charge on any atom is -0.479 e. The number of aliphatic carboxylic acids is 1. The molecule has 11 nitrogen and oxygen atoms in total. The fourth-order valence-electron chi connectivity index (χ4n) is 11.3. The van der Waals surface area contributed by atoms with Crippen LogP contribution in [0.3, 0.4) is 0 Å².